The molecule has 1 aliphatic rings. The quantitative estimate of drug-likeness (QED) is 0.491. The van der Waals surface area contributed by atoms with Crippen molar-refractivity contribution in [1.29, 1.82) is 0 Å². The van der Waals surface area contributed by atoms with Crippen molar-refractivity contribution in [3.05, 3.63) is 50.5 Å². The van der Waals surface area contributed by atoms with E-state index in [0.717, 1.165) is 47.7 Å². The molecule has 3 aromatic rings. The van der Waals surface area contributed by atoms with Gasteiger partial charge in [-0.05, 0) is 75.8 Å². The first-order valence-electron chi connectivity index (χ1n) is 10.4. The molecular formula is C23H25ClN2O3S. The Balaban J connectivity index is 1.77. The van der Waals surface area contributed by atoms with Gasteiger partial charge in [0.1, 0.15) is 10.7 Å². The molecule has 0 spiro atoms. The SMILES string of the molecule is CCOC(=O)c1c(NC(=O)c2c(C)c3cc(Cl)ccc3n2CC)sc2c1CCCC2. The molecule has 2 aromatic heterocycles. The van der Waals surface area contributed by atoms with Crippen LogP contribution >= 0.6 is 22.9 Å². The Bertz CT molecular complexity index is 1150. The summed E-state index contributed by atoms with van der Waals surface area (Å²) in [5, 5.41) is 5.24. The summed E-state index contributed by atoms with van der Waals surface area (Å²) in [5.41, 5.74) is 4.02. The number of amides is 1. The number of nitrogens with zero attached hydrogens (tertiary/aromatic N) is 1. The third-order valence-corrected chi connectivity index (χ3v) is 7.13. The molecule has 0 saturated carbocycles. The summed E-state index contributed by atoms with van der Waals surface area (Å²) in [7, 11) is 0. The minimum Gasteiger partial charge on any atom is -0.462 e. The van der Waals surface area contributed by atoms with Gasteiger partial charge in [-0.2, -0.15) is 0 Å². The highest BCUT2D eigenvalue weighted by Crippen LogP contribution is 2.39. The van der Waals surface area contributed by atoms with E-state index in [2.05, 4.69) is 5.32 Å². The summed E-state index contributed by atoms with van der Waals surface area (Å²) < 4.78 is 7.30. The zero-order valence-electron chi connectivity index (χ0n) is 17.4. The van der Waals surface area contributed by atoms with Gasteiger partial charge in [-0.3, -0.25) is 4.79 Å². The van der Waals surface area contributed by atoms with Crippen LogP contribution in [0.5, 0.6) is 0 Å². The molecule has 0 aliphatic heterocycles. The Morgan fingerprint density at radius 2 is 2.00 bits per heavy atom. The molecule has 5 nitrogen and oxygen atoms in total. The topological polar surface area (TPSA) is 60.3 Å². The molecule has 1 aromatic carbocycles. The molecule has 0 saturated heterocycles. The van der Waals surface area contributed by atoms with Gasteiger partial charge in [-0.25, -0.2) is 4.79 Å². The molecule has 1 aliphatic carbocycles. The van der Waals surface area contributed by atoms with Gasteiger partial charge in [-0.15, -0.1) is 11.3 Å². The van der Waals surface area contributed by atoms with Crippen LogP contribution in [-0.2, 0) is 24.1 Å². The number of aromatic nitrogens is 1. The van der Waals surface area contributed by atoms with E-state index in [9.17, 15) is 9.59 Å². The fourth-order valence-electron chi connectivity index (χ4n) is 4.35. The first-order valence-corrected chi connectivity index (χ1v) is 11.6. The number of thiophene rings is 1. The zero-order valence-corrected chi connectivity index (χ0v) is 19.0. The summed E-state index contributed by atoms with van der Waals surface area (Å²) in [4.78, 5) is 27.3. The van der Waals surface area contributed by atoms with Gasteiger partial charge in [0.05, 0.1) is 12.2 Å². The van der Waals surface area contributed by atoms with Crippen LogP contribution in [-0.4, -0.2) is 23.1 Å². The molecule has 0 radical (unpaired) electrons. The van der Waals surface area contributed by atoms with Crippen molar-refractivity contribution in [2.24, 2.45) is 0 Å². The molecule has 1 amide bonds. The average molecular weight is 445 g/mol. The van der Waals surface area contributed by atoms with Crippen molar-refractivity contribution < 1.29 is 14.3 Å². The molecule has 2 heterocycles. The minimum absolute atomic E-state index is 0.217. The van der Waals surface area contributed by atoms with Crippen LogP contribution < -0.4 is 5.32 Å². The fraction of sp³-hybridized carbons (Fsp3) is 0.391. The summed E-state index contributed by atoms with van der Waals surface area (Å²) >= 11 is 7.69. The van der Waals surface area contributed by atoms with Crippen molar-refractivity contribution in [2.75, 3.05) is 11.9 Å². The van der Waals surface area contributed by atoms with Gasteiger partial charge in [0.2, 0.25) is 0 Å². The lowest BCUT2D eigenvalue weighted by atomic mass is 9.95. The number of anilines is 1. The molecule has 30 heavy (non-hydrogen) atoms. The molecule has 0 fully saturated rings. The molecular weight excluding hydrogens is 420 g/mol. The van der Waals surface area contributed by atoms with Crippen LogP contribution in [0.1, 0.15) is 63.5 Å². The maximum absolute atomic E-state index is 13.4. The maximum Gasteiger partial charge on any atom is 0.341 e. The third kappa shape index (κ3) is 3.52. The van der Waals surface area contributed by atoms with E-state index in [1.165, 1.54) is 16.2 Å². The highest BCUT2D eigenvalue weighted by atomic mass is 35.5. The molecule has 7 heteroatoms. The lowest BCUT2D eigenvalue weighted by molar-refractivity contribution is 0.0526. The van der Waals surface area contributed by atoms with E-state index in [4.69, 9.17) is 16.3 Å². The van der Waals surface area contributed by atoms with Gasteiger partial charge < -0.3 is 14.6 Å². The number of esters is 1. The summed E-state index contributed by atoms with van der Waals surface area (Å²) in [6, 6.07) is 5.67. The third-order valence-electron chi connectivity index (χ3n) is 5.69. The molecule has 0 bridgehead atoms. The Morgan fingerprint density at radius 3 is 2.73 bits per heavy atom. The Hall–Kier alpha value is -2.31. The molecule has 1 N–H and O–H groups in total. The number of fused-ring (bicyclic) bond motifs is 2. The Kier molecular flexibility index (Phi) is 5.89. The number of benzene rings is 1. The summed E-state index contributed by atoms with van der Waals surface area (Å²) in [5.74, 6) is -0.572. The lowest BCUT2D eigenvalue weighted by Crippen LogP contribution is -2.19. The first kappa shape index (κ1) is 20.9. The number of hydrogen-bond donors (Lipinski definition) is 1. The second kappa shape index (κ2) is 8.44. The minimum atomic E-state index is -0.355. The Labute approximate surface area is 185 Å². The number of hydrogen-bond acceptors (Lipinski definition) is 4. The summed E-state index contributed by atoms with van der Waals surface area (Å²) in [6.45, 7) is 6.70. The van der Waals surface area contributed by atoms with Crippen LogP contribution in [0.3, 0.4) is 0 Å². The van der Waals surface area contributed by atoms with Crippen molar-refractivity contribution in [3.8, 4) is 0 Å². The number of carbonyl (C=O) groups is 2. The molecule has 0 unspecified atom stereocenters. The number of nitrogens with one attached hydrogen (secondary N) is 1. The first-order chi connectivity index (χ1) is 14.5. The predicted molar refractivity (Wildman–Crippen MR) is 122 cm³/mol. The fourth-order valence-corrected chi connectivity index (χ4v) is 5.80. The van der Waals surface area contributed by atoms with Gasteiger partial charge in [0, 0.05) is 27.3 Å². The molecule has 158 valence electrons. The number of ether oxygens (including phenoxy) is 1. The van der Waals surface area contributed by atoms with E-state index >= 15 is 0 Å². The maximum atomic E-state index is 13.4. The van der Waals surface area contributed by atoms with Gasteiger partial charge in [-0.1, -0.05) is 11.6 Å². The Morgan fingerprint density at radius 1 is 1.23 bits per heavy atom. The normalized spacial score (nSPS) is 13.3. The van der Waals surface area contributed by atoms with Crippen LogP contribution in [0.25, 0.3) is 10.9 Å². The molecule has 0 atom stereocenters. The van der Waals surface area contributed by atoms with Gasteiger partial charge in [0.25, 0.3) is 5.91 Å². The number of halogens is 1. The molecule has 4 rings (SSSR count). The van der Waals surface area contributed by atoms with Crippen LogP contribution in [0.15, 0.2) is 18.2 Å². The van der Waals surface area contributed by atoms with Crippen LogP contribution in [0.4, 0.5) is 5.00 Å². The second-order valence-electron chi connectivity index (χ2n) is 7.47. The van der Waals surface area contributed by atoms with Gasteiger partial charge in [0.15, 0.2) is 0 Å². The van der Waals surface area contributed by atoms with Gasteiger partial charge >= 0.3 is 5.97 Å². The highest BCUT2D eigenvalue weighted by molar-refractivity contribution is 7.17. The van der Waals surface area contributed by atoms with E-state index in [0.29, 0.717) is 34.4 Å². The highest BCUT2D eigenvalue weighted by Gasteiger charge is 2.28. The number of aryl methyl sites for hydroxylation is 3. The lowest BCUT2D eigenvalue weighted by Gasteiger charge is -2.13. The zero-order chi connectivity index (χ0) is 21.4. The summed E-state index contributed by atoms with van der Waals surface area (Å²) in [6.07, 6.45) is 3.94. The van der Waals surface area contributed by atoms with E-state index in [-0.39, 0.29) is 11.9 Å². The van der Waals surface area contributed by atoms with E-state index in [1.807, 2.05) is 36.6 Å². The standard InChI is InChI=1S/C23H25ClN2O3S/c1-4-26-17-11-10-14(24)12-16(17)13(3)20(26)21(27)25-22-19(23(28)29-5-2)15-8-6-7-9-18(15)30-22/h10-12H,4-9H2,1-3H3,(H,25,27). The van der Waals surface area contributed by atoms with Crippen molar-refractivity contribution in [1.82, 2.24) is 4.57 Å². The van der Waals surface area contributed by atoms with Crippen LogP contribution in [0.2, 0.25) is 5.02 Å². The largest absolute Gasteiger partial charge is 0.462 e. The second-order valence-corrected chi connectivity index (χ2v) is 9.01. The monoisotopic (exact) mass is 444 g/mol. The smallest absolute Gasteiger partial charge is 0.341 e. The predicted octanol–water partition coefficient (Wildman–Crippen LogP) is 5.99. The number of carbonyl (C=O) groups excluding carboxylic acids is 2. The number of rotatable bonds is 5. The van der Waals surface area contributed by atoms with Crippen molar-refractivity contribution in [3.63, 3.8) is 0 Å². The van der Waals surface area contributed by atoms with Crippen LogP contribution in [0, 0.1) is 6.92 Å². The van der Waals surface area contributed by atoms with E-state index in [1.54, 1.807) is 6.92 Å². The van der Waals surface area contributed by atoms with Crippen molar-refractivity contribution >= 4 is 50.7 Å². The van der Waals surface area contributed by atoms with E-state index < -0.39 is 0 Å². The average Bonchev–Trinajstić information content (AvgIpc) is 3.22. The van der Waals surface area contributed by atoms with Crippen molar-refractivity contribution in [2.45, 2.75) is 53.0 Å².